The van der Waals surface area contributed by atoms with Crippen LogP contribution >= 0.6 is 11.3 Å². The van der Waals surface area contributed by atoms with E-state index in [9.17, 15) is 13.2 Å². The lowest BCUT2D eigenvalue weighted by Gasteiger charge is -2.33. The SMILES string of the molecule is Cc1ccc(S(=O)(=O)N2CCC(C(=O)N(Cc3ccsc3)C3CC3)CC2)cc1. The highest BCUT2D eigenvalue weighted by Gasteiger charge is 2.38. The molecule has 1 amide bonds. The molecule has 7 heteroatoms. The molecule has 4 rings (SSSR count). The highest BCUT2D eigenvalue weighted by Crippen LogP contribution is 2.33. The topological polar surface area (TPSA) is 57.7 Å². The summed E-state index contributed by atoms with van der Waals surface area (Å²) < 4.78 is 27.3. The third-order valence-electron chi connectivity index (χ3n) is 5.67. The summed E-state index contributed by atoms with van der Waals surface area (Å²) in [6.45, 7) is 3.43. The maximum absolute atomic E-state index is 13.1. The number of rotatable bonds is 6. The van der Waals surface area contributed by atoms with Gasteiger partial charge in [-0.3, -0.25) is 4.79 Å². The minimum absolute atomic E-state index is 0.0799. The second-order valence-electron chi connectivity index (χ2n) is 7.82. The zero-order valence-corrected chi connectivity index (χ0v) is 17.7. The molecule has 0 bridgehead atoms. The van der Waals surface area contributed by atoms with Crippen LogP contribution in [0.4, 0.5) is 0 Å². The van der Waals surface area contributed by atoms with E-state index in [1.165, 1.54) is 9.87 Å². The Morgan fingerprint density at radius 1 is 1.11 bits per heavy atom. The van der Waals surface area contributed by atoms with E-state index >= 15 is 0 Å². The molecule has 5 nitrogen and oxygen atoms in total. The summed E-state index contributed by atoms with van der Waals surface area (Å²) in [5, 5.41) is 4.14. The lowest BCUT2D eigenvalue weighted by atomic mass is 9.96. The predicted molar refractivity (Wildman–Crippen MR) is 111 cm³/mol. The van der Waals surface area contributed by atoms with Crippen molar-refractivity contribution >= 4 is 27.3 Å². The fourth-order valence-electron chi connectivity index (χ4n) is 3.79. The lowest BCUT2D eigenvalue weighted by molar-refractivity contribution is -0.138. The fourth-order valence-corrected chi connectivity index (χ4v) is 5.92. The second-order valence-corrected chi connectivity index (χ2v) is 10.5. The minimum Gasteiger partial charge on any atom is -0.335 e. The number of thiophene rings is 1. The molecular weight excluding hydrogens is 392 g/mol. The number of benzene rings is 1. The Bertz CT molecular complexity index is 911. The van der Waals surface area contributed by atoms with Crippen molar-refractivity contribution in [2.24, 2.45) is 5.92 Å². The maximum Gasteiger partial charge on any atom is 0.243 e. The maximum atomic E-state index is 13.1. The summed E-state index contributed by atoms with van der Waals surface area (Å²) in [7, 11) is -3.48. The first kappa shape index (κ1) is 19.6. The average molecular weight is 419 g/mol. The normalized spacial score (nSPS) is 18.9. The van der Waals surface area contributed by atoms with E-state index in [1.807, 2.05) is 29.3 Å². The van der Waals surface area contributed by atoms with Gasteiger partial charge in [-0.05, 0) is 67.1 Å². The molecule has 2 aliphatic rings. The van der Waals surface area contributed by atoms with Gasteiger partial charge in [-0.25, -0.2) is 8.42 Å². The molecule has 0 atom stereocenters. The molecule has 28 heavy (non-hydrogen) atoms. The second kappa shape index (κ2) is 7.97. The van der Waals surface area contributed by atoms with Crippen LogP contribution in [0.2, 0.25) is 0 Å². The van der Waals surface area contributed by atoms with Crippen LogP contribution in [0, 0.1) is 12.8 Å². The molecule has 1 aromatic heterocycles. The van der Waals surface area contributed by atoms with Crippen molar-refractivity contribution in [3.63, 3.8) is 0 Å². The molecule has 2 aromatic rings. The Hall–Kier alpha value is -1.70. The van der Waals surface area contributed by atoms with Crippen molar-refractivity contribution in [3.8, 4) is 0 Å². The zero-order chi connectivity index (χ0) is 19.7. The van der Waals surface area contributed by atoms with E-state index in [1.54, 1.807) is 23.5 Å². The van der Waals surface area contributed by atoms with Crippen LogP contribution in [0.25, 0.3) is 0 Å². The van der Waals surface area contributed by atoms with Gasteiger partial charge in [0.05, 0.1) is 4.90 Å². The summed E-state index contributed by atoms with van der Waals surface area (Å²) >= 11 is 1.65. The zero-order valence-electron chi connectivity index (χ0n) is 16.1. The monoisotopic (exact) mass is 418 g/mol. The van der Waals surface area contributed by atoms with Crippen LogP contribution in [0.5, 0.6) is 0 Å². The smallest absolute Gasteiger partial charge is 0.243 e. The summed E-state index contributed by atoms with van der Waals surface area (Å²) in [6.07, 6.45) is 3.35. The summed E-state index contributed by atoms with van der Waals surface area (Å²) in [6, 6.07) is 9.41. The van der Waals surface area contributed by atoms with Crippen molar-refractivity contribution in [1.82, 2.24) is 9.21 Å². The van der Waals surface area contributed by atoms with Gasteiger partial charge in [0.1, 0.15) is 0 Å². The van der Waals surface area contributed by atoms with Crippen LogP contribution in [0.15, 0.2) is 46.0 Å². The van der Waals surface area contributed by atoms with Gasteiger partial charge in [0.2, 0.25) is 15.9 Å². The number of amides is 1. The van der Waals surface area contributed by atoms with Crippen LogP contribution < -0.4 is 0 Å². The number of carbonyl (C=O) groups excluding carboxylic acids is 1. The number of piperidine rings is 1. The number of hydrogen-bond acceptors (Lipinski definition) is 4. The van der Waals surface area contributed by atoms with Crippen molar-refractivity contribution in [3.05, 3.63) is 52.2 Å². The molecule has 2 heterocycles. The first-order valence-corrected chi connectivity index (χ1v) is 12.2. The predicted octanol–water partition coefficient (Wildman–Crippen LogP) is 3.65. The van der Waals surface area contributed by atoms with E-state index < -0.39 is 10.0 Å². The number of sulfonamides is 1. The van der Waals surface area contributed by atoms with Crippen molar-refractivity contribution in [1.29, 1.82) is 0 Å². The Morgan fingerprint density at radius 3 is 2.36 bits per heavy atom. The lowest BCUT2D eigenvalue weighted by Crippen LogP contribution is -2.44. The molecular formula is C21H26N2O3S2. The van der Waals surface area contributed by atoms with Crippen molar-refractivity contribution < 1.29 is 13.2 Å². The minimum atomic E-state index is -3.48. The van der Waals surface area contributed by atoms with Gasteiger partial charge in [0, 0.05) is 31.6 Å². The highest BCUT2D eigenvalue weighted by molar-refractivity contribution is 7.89. The van der Waals surface area contributed by atoms with Gasteiger partial charge >= 0.3 is 0 Å². The third-order valence-corrected chi connectivity index (χ3v) is 8.31. The van der Waals surface area contributed by atoms with E-state index in [-0.39, 0.29) is 11.8 Å². The molecule has 1 aliphatic carbocycles. The summed E-state index contributed by atoms with van der Waals surface area (Å²) in [4.78, 5) is 15.5. The van der Waals surface area contributed by atoms with Gasteiger partial charge in [0.25, 0.3) is 0 Å². The molecule has 150 valence electrons. The van der Waals surface area contributed by atoms with Gasteiger partial charge in [-0.2, -0.15) is 15.6 Å². The van der Waals surface area contributed by atoms with Crippen LogP contribution in [0.3, 0.4) is 0 Å². The Morgan fingerprint density at radius 2 is 1.79 bits per heavy atom. The number of nitrogens with zero attached hydrogens (tertiary/aromatic N) is 2. The fraction of sp³-hybridized carbons (Fsp3) is 0.476. The van der Waals surface area contributed by atoms with Gasteiger partial charge in [0.15, 0.2) is 0 Å². The molecule has 1 aromatic carbocycles. The quantitative estimate of drug-likeness (QED) is 0.720. The summed E-state index contributed by atoms with van der Waals surface area (Å²) in [5.41, 5.74) is 2.22. The highest BCUT2D eigenvalue weighted by atomic mass is 32.2. The third kappa shape index (κ3) is 4.16. The Labute approximate surface area is 171 Å². The number of aryl methyl sites for hydroxylation is 1. The van der Waals surface area contributed by atoms with E-state index in [4.69, 9.17) is 0 Å². The molecule has 0 spiro atoms. The van der Waals surface area contributed by atoms with Crippen molar-refractivity contribution in [2.45, 2.75) is 50.1 Å². The Balaban J connectivity index is 1.40. The first-order chi connectivity index (χ1) is 13.4. The molecule has 1 saturated carbocycles. The van der Waals surface area contributed by atoms with E-state index in [0.29, 0.717) is 43.4 Å². The van der Waals surface area contributed by atoms with Crippen LogP contribution in [0.1, 0.15) is 36.8 Å². The molecule has 0 radical (unpaired) electrons. The standard InChI is InChI=1S/C21H26N2O3S2/c1-16-2-6-20(7-3-16)28(25,26)22-11-8-18(9-12-22)21(24)23(19-4-5-19)14-17-10-13-27-15-17/h2-3,6-7,10,13,15,18-19H,4-5,8-9,11-12,14H2,1H3. The Kier molecular flexibility index (Phi) is 5.58. The number of carbonyl (C=O) groups is 1. The van der Waals surface area contributed by atoms with Crippen molar-refractivity contribution in [2.75, 3.05) is 13.1 Å². The average Bonchev–Trinajstić information content (AvgIpc) is 3.41. The summed E-state index contributed by atoms with van der Waals surface area (Å²) in [5.74, 6) is 0.116. The molecule has 2 fully saturated rings. The first-order valence-electron chi connectivity index (χ1n) is 9.83. The molecule has 0 N–H and O–H groups in total. The largest absolute Gasteiger partial charge is 0.335 e. The van der Waals surface area contributed by atoms with Crippen LogP contribution in [-0.2, 0) is 21.4 Å². The van der Waals surface area contributed by atoms with Gasteiger partial charge in [-0.15, -0.1) is 0 Å². The van der Waals surface area contributed by atoms with Gasteiger partial charge < -0.3 is 4.90 Å². The number of hydrogen-bond donors (Lipinski definition) is 0. The van der Waals surface area contributed by atoms with E-state index in [0.717, 1.165) is 18.4 Å². The van der Waals surface area contributed by atoms with Gasteiger partial charge in [-0.1, -0.05) is 17.7 Å². The molecule has 1 aliphatic heterocycles. The van der Waals surface area contributed by atoms with Crippen LogP contribution in [-0.4, -0.2) is 42.7 Å². The van der Waals surface area contributed by atoms with E-state index in [2.05, 4.69) is 11.4 Å². The molecule has 1 saturated heterocycles. The molecule has 0 unspecified atom stereocenters.